The molecule has 0 unspecified atom stereocenters. The smallest absolute Gasteiger partial charge is 0.389 e. The van der Waals surface area contributed by atoms with Gasteiger partial charge >= 0.3 is 24.3 Å². The first-order valence-electron chi connectivity index (χ1n) is 13.9. The largest absolute Gasteiger partial charge is 0.480 e. The summed E-state index contributed by atoms with van der Waals surface area (Å²) in [4.78, 5) is 27.6. The zero-order valence-corrected chi connectivity index (χ0v) is 25.8. The van der Waals surface area contributed by atoms with Crippen molar-refractivity contribution in [3.63, 3.8) is 0 Å². The molecule has 2 aromatic rings. The Bertz CT molecular complexity index is 1100. The predicted molar refractivity (Wildman–Crippen MR) is 160 cm³/mol. The van der Waals surface area contributed by atoms with Crippen molar-refractivity contribution in [1.82, 2.24) is 0 Å². The third-order valence-corrected chi connectivity index (χ3v) is 5.79. The molecular formula is C31H41ClF6N2O4. The summed E-state index contributed by atoms with van der Waals surface area (Å²) in [5.41, 5.74) is 6.64. The summed E-state index contributed by atoms with van der Waals surface area (Å²) in [6, 6.07) is 16.9. The Kier molecular flexibility index (Phi) is 17.9. The molecule has 44 heavy (non-hydrogen) atoms. The number of esters is 1. The quantitative estimate of drug-likeness (QED) is 0.0979. The summed E-state index contributed by atoms with van der Waals surface area (Å²) in [7, 11) is 0. The fraction of sp³-hybridized carbons (Fsp3) is 0.516. The number of aliphatic carboxylic acids is 1. The predicted octanol–water partition coefficient (Wildman–Crippen LogP) is 8.30. The van der Waals surface area contributed by atoms with Gasteiger partial charge < -0.3 is 15.6 Å². The zero-order valence-electron chi connectivity index (χ0n) is 25.0. The van der Waals surface area contributed by atoms with Crippen molar-refractivity contribution in [2.45, 2.75) is 102 Å². The Morgan fingerprint density at radius 1 is 0.773 bits per heavy atom. The minimum absolute atomic E-state index is 0. The third kappa shape index (κ3) is 19.2. The Labute approximate surface area is 260 Å². The van der Waals surface area contributed by atoms with E-state index in [-0.39, 0.29) is 50.9 Å². The van der Waals surface area contributed by atoms with Crippen LogP contribution < -0.4 is 5.73 Å². The average molecular weight is 655 g/mol. The molecule has 3 N–H and O–H groups in total. The first-order chi connectivity index (χ1) is 19.9. The lowest BCUT2D eigenvalue weighted by Crippen LogP contribution is -2.32. The lowest BCUT2D eigenvalue weighted by atomic mass is 10.0. The standard InChI is InChI=1S/C24H28F3NO2.C7H12F3NO2.ClH/c1-23(2,3)30-22(29)20(16-10-11-17-24(25,26)27)28-21(18-12-6-4-7-13-18)19-14-8-5-9-15-19;8-7(9,10)4-2-1-3-5(11)6(12)13;/h4-9,12-15,20H,10-11,16-17H2,1-3H3;5H,1-4,11H2,(H,12,13);1H/t20-;5-;/m11./s1. The molecule has 0 fully saturated rings. The molecule has 2 atom stereocenters. The summed E-state index contributed by atoms with van der Waals surface area (Å²) in [5.74, 6) is -1.70. The number of halogens is 7. The van der Waals surface area contributed by atoms with Crippen LogP contribution in [0, 0.1) is 0 Å². The van der Waals surface area contributed by atoms with Crippen LogP contribution in [0.15, 0.2) is 65.7 Å². The van der Waals surface area contributed by atoms with Gasteiger partial charge in [-0.25, -0.2) is 4.79 Å². The van der Waals surface area contributed by atoms with E-state index < -0.39 is 54.8 Å². The SMILES string of the molecule is CC(C)(C)OC(=O)[C@@H](CCCCC(F)(F)F)N=C(c1ccccc1)c1ccccc1.Cl.N[C@H](CCCCC(F)(F)F)C(=O)O. The molecule has 0 aliphatic heterocycles. The number of carboxylic acid groups (broad SMARTS) is 1. The lowest BCUT2D eigenvalue weighted by molar-refractivity contribution is -0.156. The second-order valence-corrected chi connectivity index (χ2v) is 10.9. The minimum atomic E-state index is -4.20. The first kappa shape index (κ1) is 40.9. The summed E-state index contributed by atoms with van der Waals surface area (Å²) in [5, 5.41) is 8.29. The van der Waals surface area contributed by atoms with Gasteiger partial charge in [-0.2, -0.15) is 26.3 Å². The number of carbonyl (C=O) groups is 2. The second-order valence-electron chi connectivity index (χ2n) is 10.9. The van der Waals surface area contributed by atoms with E-state index in [1.54, 1.807) is 20.8 Å². The number of hydrogen-bond acceptors (Lipinski definition) is 5. The van der Waals surface area contributed by atoms with Crippen LogP contribution in [0.3, 0.4) is 0 Å². The van der Waals surface area contributed by atoms with Gasteiger partial charge in [-0.05, 0) is 46.5 Å². The van der Waals surface area contributed by atoms with Crippen molar-refractivity contribution >= 4 is 30.1 Å². The fourth-order valence-electron chi connectivity index (χ4n) is 3.74. The summed E-state index contributed by atoms with van der Waals surface area (Å²) < 4.78 is 77.8. The number of unbranched alkanes of at least 4 members (excludes halogenated alkanes) is 2. The maximum atomic E-state index is 12.8. The van der Waals surface area contributed by atoms with Gasteiger partial charge in [0, 0.05) is 24.0 Å². The number of hydrogen-bond donors (Lipinski definition) is 2. The highest BCUT2D eigenvalue weighted by Gasteiger charge is 2.29. The molecule has 0 radical (unpaired) electrons. The van der Waals surface area contributed by atoms with E-state index in [0.717, 1.165) is 11.1 Å². The van der Waals surface area contributed by atoms with Crippen LogP contribution >= 0.6 is 12.4 Å². The maximum Gasteiger partial charge on any atom is 0.389 e. The highest BCUT2D eigenvalue weighted by Crippen LogP contribution is 2.25. The topological polar surface area (TPSA) is 102 Å². The van der Waals surface area contributed by atoms with Gasteiger partial charge in [0.1, 0.15) is 17.7 Å². The van der Waals surface area contributed by atoms with Gasteiger partial charge in [-0.15, -0.1) is 12.4 Å². The van der Waals surface area contributed by atoms with Crippen molar-refractivity contribution in [1.29, 1.82) is 0 Å². The zero-order chi connectivity index (χ0) is 32.7. The van der Waals surface area contributed by atoms with E-state index in [1.807, 2.05) is 60.7 Å². The maximum absolute atomic E-state index is 12.8. The van der Waals surface area contributed by atoms with Crippen LogP contribution in [0.25, 0.3) is 0 Å². The molecule has 0 aromatic heterocycles. The molecule has 0 aliphatic rings. The van der Waals surface area contributed by atoms with Gasteiger partial charge in [-0.1, -0.05) is 73.5 Å². The first-order valence-corrected chi connectivity index (χ1v) is 13.9. The number of nitrogens with zero attached hydrogens (tertiary/aromatic N) is 1. The summed E-state index contributed by atoms with van der Waals surface area (Å²) >= 11 is 0. The van der Waals surface area contributed by atoms with Crippen molar-refractivity contribution in [3.05, 3.63) is 71.8 Å². The van der Waals surface area contributed by atoms with Crippen LogP contribution in [0.2, 0.25) is 0 Å². The molecule has 0 saturated heterocycles. The summed E-state index contributed by atoms with van der Waals surface area (Å²) in [6.07, 6.45) is -9.54. The highest BCUT2D eigenvalue weighted by molar-refractivity contribution is 6.13. The van der Waals surface area contributed by atoms with Crippen molar-refractivity contribution in [2.75, 3.05) is 0 Å². The molecule has 248 valence electrons. The lowest BCUT2D eigenvalue weighted by Gasteiger charge is -2.23. The fourth-order valence-corrected chi connectivity index (χ4v) is 3.74. The van der Waals surface area contributed by atoms with E-state index in [2.05, 4.69) is 0 Å². The molecule has 2 rings (SSSR count). The van der Waals surface area contributed by atoms with E-state index in [4.69, 9.17) is 20.6 Å². The Hall–Kier alpha value is -3.12. The molecule has 2 aromatic carbocycles. The molecule has 0 saturated carbocycles. The molecule has 0 amide bonds. The number of rotatable bonds is 13. The molecule has 6 nitrogen and oxygen atoms in total. The molecule has 0 spiro atoms. The van der Waals surface area contributed by atoms with E-state index in [9.17, 15) is 35.9 Å². The number of carboxylic acids is 1. The van der Waals surface area contributed by atoms with E-state index in [1.165, 1.54) is 0 Å². The van der Waals surface area contributed by atoms with Crippen LogP contribution in [0.4, 0.5) is 26.3 Å². The number of ether oxygens (including phenoxy) is 1. The molecule has 13 heteroatoms. The molecule has 0 heterocycles. The van der Waals surface area contributed by atoms with Crippen molar-refractivity contribution in [2.24, 2.45) is 10.7 Å². The number of aliphatic imine (C=N–C) groups is 1. The average Bonchev–Trinajstić information content (AvgIpc) is 2.89. The second kappa shape index (κ2) is 19.3. The highest BCUT2D eigenvalue weighted by atomic mass is 35.5. The Morgan fingerprint density at radius 2 is 1.18 bits per heavy atom. The van der Waals surface area contributed by atoms with Gasteiger partial charge in [0.15, 0.2) is 0 Å². The van der Waals surface area contributed by atoms with Crippen LogP contribution in [-0.4, -0.2) is 52.8 Å². The van der Waals surface area contributed by atoms with Gasteiger partial charge in [0.2, 0.25) is 0 Å². The number of nitrogens with two attached hydrogens (primary N) is 1. The van der Waals surface area contributed by atoms with E-state index in [0.29, 0.717) is 5.71 Å². The van der Waals surface area contributed by atoms with Gasteiger partial charge in [0.05, 0.1) is 5.71 Å². The Balaban J connectivity index is 0.00000112. The van der Waals surface area contributed by atoms with Crippen LogP contribution in [-0.2, 0) is 14.3 Å². The normalized spacial score (nSPS) is 13.0. The van der Waals surface area contributed by atoms with Gasteiger partial charge in [-0.3, -0.25) is 9.79 Å². The summed E-state index contributed by atoms with van der Waals surface area (Å²) in [6.45, 7) is 5.26. The minimum Gasteiger partial charge on any atom is -0.480 e. The third-order valence-electron chi connectivity index (χ3n) is 5.79. The number of alkyl halides is 6. The number of carbonyl (C=O) groups excluding carboxylic acids is 1. The molecular weight excluding hydrogens is 614 g/mol. The number of benzene rings is 2. The van der Waals surface area contributed by atoms with E-state index >= 15 is 0 Å². The Morgan fingerprint density at radius 3 is 1.55 bits per heavy atom. The molecule has 0 aliphatic carbocycles. The molecule has 0 bridgehead atoms. The monoisotopic (exact) mass is 654 g/mol. The van der Waals surface area contributed by atoms with Gasteiger partial charge in [0.25, 0.3) is 0 Å². The van der Waals surface area contributed by atoms with Crippen molar-refractivity contribution < 1.29 is 45.8 Å². The van der Waals surface area contributed by atoms with Crippen LogP contribution in [0.5, 0.6) is 0 Å². The van der Waals surface area contributed by atoms with Crippen molar-refractivity contribution in [3.8, 4) is 0 Å². The van der Waals surface area contributed by atoms with Crippen LogP contribution in [0.1, 0.15) is 83.3 Å².